The van der Waals surface area contributed by atoms with Gasteiger partial charge in [0.05, 0.1) is 17.3 Å². The maximum atomic E-state index is 5.40. The summed E-state index contributed by atoms with van der Waals surface area (Å²) < 4.78 is 7.02. The first-order valence-corrected chi connectivity index (χ1v) is 7.23. The molecular formula is C12H13Br2N5O. The monoisotopic (exact) mass is 401 g/mol. The number of hydrazine groups is 1. The van der Waals surface area contributed by atoms with Crippen LogP contribution in [-0.4, -0.2) is 17.1 Å². The fourth-order valence-corrected chi connectivity index (χ4v) is 2.89. The van der Waals surface area contributed by atoms with Crippen LogP contribution in [0.1, 0.15) is 5.56 Å². The van der Waals surface area contributed by atoms with E-state index in [0.29, 0.717) is 11.6 Å². The zero-order valence-corrected chi connectivity index (χ0v) is 14.0. The van der Waals surface area contributed by atoms with Crippen LogP contribution in [0.15, 0.2) is 27.4 Å². The molecule has 1 aromatic heterocycles. The molecule has 8 heteroatoms. The van der Waals surface area contributed by atoms with E-state index in [1.54, 1.807) is 7.11 Å². The first-order valence-electron chi connectivity index (χ1n) is 5.65. The molecule has 0 amide bonds. The normalized spacial score (nSPS) is 10.2. The summed E-state index contributed by atoms with van der Waals surface area (Å²) in [6.45, 7) is 1.88. The molecule has 0 unspecified atom stereocenters. The number of hydrogen-bond acceptors (Lipinski definition) is 6. The molecule has 2 rings (SSSR count). The molecule has 20 heavy (non-hydrogen) atoms. The maximum absolute atomic E-state index is 5.40. The van der Waals surface area contributed by atoms with E-state index in [2.05, 4.69) is 52.6 Å². The topological polar surface area (TPSA) is 85.1 Å². The van der Waals surface area contributed by atoms with Crippen molar-refractivity contribution in [1.82, 2.24) is 9.97 Å². The fraction of sp³-hybridized carbons (Fsp3) is 0.167. The van der Waals surface area contributed by atoms with Gasteiger partial charge in [-0.2, -0.15) is 0 Å². The van der Waals surface area contributed by atoms with E-state index < -0.39 is 0 Å². The van der Waals surface area contributed by atoms with E-state index in [1.165, 1.54) is 6.33 Å². The van der Waals surface area contributed by atoms with Gasteiger partial charge in [0, 0.05) is 16.1 Å². The zero-order valence-electron chi connectivity index (χ0n) is 10.9. The summed E-state index contributed by atoms with van der Waals surface area (Å²) in [6, 6.07) is 3.77. The molecule has 0 saturated carbocycles. The average Bonchev–Trinajstić information content (AvgIpc) is 2.43. The van der Waals surface area contributed by atoms with E-state index in [9.17, 15) is 0 Å². The van der Waals surface area contributed by atoms with Gasteiger partial charge in [0.2, 0.25) is 0 Å². The summed E-state index contributed by atoms with van der Waals surface area (Å²) in [5.74, 6) is 7.36. The fourth-order valence-electron chi connectivity index (χ4n) is 1.63. The number of hydrogen-bond donors (Lipinski definition) is 3. The lowest BCUT2D eigenvalue weighted by molar-refractivity contribution is 0.412. The third-order valence-corrected chi connectivity index (χ3v) is 3.99. The molecule has 0 aliphatic carbocycles. The molecule has 0 radical (unpaired) electrons. The number of nitrogens with one attached hydrogen (secondary N) is 2. The molecule has 1 aromatic carbocycles. The molecule has 0 atom stereocenters. The van der Waals surface area contributed by atoms with E-state index in [-0.39, 0.29) is 0 Å². The lowest BCUT2D eigenvalue weighted by atomic mass is 10.2. The number of halogens is 2. The third kappa shape index (κ3) is 3.02. The van der Waals surface area contributed by atoms with Crippen LogP contribution in [0.5, 0.6) is 5.75 Å². The number of rotatable bonds is 4. The average molecular weight is 403 g/mol. The largest absolute Gasteiger partial charge is 0.495 e. The SMILES string of the molecule is COc1cc(Nc2ncnc(NN)c2C)c(Br)cc1Br. The van der Waals surface area contributed by atoms with Crippen molar-refractivity contribution in [3.05, 3.63) is 33.0 Å². The third-order valence-electron chi connectivity index (χ3n) is 2.72. The number of ether oxygens (including phenoxy) is 1. The number of nitrogen functional groups attached to an aromatic ring is 1. The van der Waals surface area contributed by atoms with E-state index in [4.69, 9.17) is 10.6 Å². The molecule has 1 heterocycles. The Bertz CT molecular complexity index is 635. The van der Waals surface area contributed by atoms with Crippen molar-refractivity contribution in [1.29, 1.82) is 0 Å². The molecule has 0 fully saturated rings. The van der Waals surface area contributed by atoms with E-state index >= 15 is 0 Å². The zero-order chi connectivity index (χ0) is 14.7. The highest BCUT2D eigenvalue weighted by Crippen LogP contribution is 2.36. The molecule has 0 bridgehead atoms. The Labute approximate surface area is 133 Å². The van der Waals surface area contributed by atoms with Gasteiger partial charge in [-0.3, -0.25) is 0 Å². The van der Waals surface area contributed by atoms with Gasteiger partial charge < -0.3 is 15.5 Å². The van der Waals surface area contributed by atoms with Gasteiger partial charge in [-0.1, -0.05) is 0 Å². The van der Waals surface area contributed by atoms with Gasteiger partial charge in [0.1, 0.15) is 23.7 Å². The minimum atomic E-state index is 0.572. The second-order valence-electron chi connectivity index (χ2n) is 3.93. The lowest BCUT2D eigenvalue weighted by Gasteiger charge is -2.14. The molecular weight excluding hydrogens is 390 g/mol. The van der Waals surface area contributed by atoms with Crippen LogP contribution in [0, 0.1) is 6.92 Å². The molecule has 6 nitrogen and oxygen atoms in total. The second-order valence-corrected chi connectivity index (χ2v) is 5.64. The molecule has 4 N–H and O–H groups in total. The van der Waals surface area contributed by atoms with Crippen LogP contribution in [0.25, 0.3) is 0 Å². The molecule has 106 valence electrons. The summed E-state index contributed by atoms with van der Waals surface area (Å²) in [5, 5.41) is 3.22. The molecule has 0 aliphatic rings. The molecule has 2 aromatic rings. The predicted octanol–water partition coefficient (Wildman–Crippen LogP) is 3.35. The number of nitrogens with two attached hydrogens (primary N) is 1. The predicted molar refractivity (Wildman–Crippen MR) is 86.3 cm³/mol. The Kier molecular flexibility index (Phi) is 4.79. The minimum absolute atomic E-state index is 0.572. The smallest absolute Gasteiger partial charge is 0.148 e. The van der Waals surface area contributed by atoms with Gasteiger partial charge in [-0.15, -0.1) is 0 Å². The summed E-state index contributed by atoms with van der Waals surface area (Å²) in [7, 11) is 1.62. The quantitative estimate of drug-likeness (QED) is 0.537. The highest BCUT2D eigenvalue weighted by molar-refractivity contribution is 9.11. The van der Waals surface area contributed by atoms with Crippen molar-refractivity contribution >= 4 is 49.2 Å². The first-order chi connectivity index (χ1) is 9.56. The van der Waals surface area contributed by atoms with E-state index in [0.717, 1.165) is 25.9 Å². The van der Waals surface area contributed by atoms with Crippen molar-refractivity contribution in [2.45, 2.75) is 6.92 Å². The highest BCUT2D eigenvalue weighted by atomic mass is 79.9. The minimum Gasteiger partial charge on any atom is -0.495 e. The van der Waals surface area contributed by atoms with Crippen molar-refractivity contribution < 1.29 is 4.74 Å². The van der Waals surface area contributed by atoms with Gasteiger partial charge in [-0.25, -0.2) is 15.8 Å². The van der Waals surface area contributed by atoms with Crippen LogP contribution >= 0.6 is 31.9 Å². The van der Waals surface area contributed by atoms with Gasteiger partial charge >= 0.3 is 0 Å². The Hall–Kier alpha value is -1.38. The number of aromatic nitrogens is 2. The van der Waals surface area contributed by atoms with Gasteiger partial charge in [0.25, 0.3) is 0 Å². The Morgan fingerprint density at radius 2 is 1.85 bits per heavy atom. The van der Waals surface area contributed by atoms with Crippen LogP contribution < -0.4 is 21.3 Å². The summed E-state index contributed by atoms with van der Waals surface area (Å²) in [4.78, 5) is 8.25. The van der Waals surface area contributed by atoms with Crippen LogP contribution in [0.4, 0.5) is 17.3 Å². The number of benzene rings is 1. The lowest BCUT2D eigenvalue weighted by Crippen LogP contribution is -2.11. The number of methoxy groups -OCH3 is 1. The Balaban J connectivity index is 2.40. The highest BCUT2D eigenvalue weighted by Gasteiger charge is 2.11. The Morgan fingerprint density at radius 3 is 2.50 bits per heavy atom. The summed E-state index contributed by atoms with van der Waals surface area (Å²) in [5.41, 5.74) is 4.18. The summed E-state index contributed by atoms with van der Waals surface area (Å²) in [6.07, 6.45) is 1.44. The van der Waals surface area contributed by atoms with Crippen molar-refractivity contribution in [3.8, 4) is 5.75 Å². The van der Waals surface area contributed by atoms with Crippen LogP contribution in [0.2, 0.25) is 0 Å². The van der Waals surface area contributed by atoms with Crippen LogP contribution in [0.3, 0.4) is 0 Å². The van der Waals surface area contributed by atoms with Crippen molar-refractivity contribution in [3.63, 3.8) is 0 Å². The van der Waals surface area contributed by atoms with Crippen LogP contribution in [-0.2, 0) is 0 Å². The molecule has 0 saturated heterocycles. The number of anilines is 3. The van der Waals surface area contributed by atoms with Crippen molar-refractivity contribution in [2.75, 3.05) is 17.9 Å². The maximum Gasteiger partial charge on any atom is 0.148 e. The van der Waals surface area contributed by atoms with Gasteiger partial charge in [0.15, 0.2) is 0 Å². The summed E-state index contributed by atoms with van der Waals surface area (Å²) >= 11 is 6.93. The number of nitrogens with zero attached hydrogens (tertiary/aromatic N) is 2. The standard InChI is InChI=1S/C12H13Br2N5O/c1-6-11(16-5-17-12(6)19-15)18-9-4-10(20-2)8(14)3-7(9)13/h3-5H,15H2,1-2H3,(H2,16,17,18,19). The first kappa shape index (κ1) is 15.0. The van der Waals surface area contributed by atoms with Gasteiger partial charge in [-0.05, 0) is 44.8 Å². The molecule has 0 aliphatic heterocycles. The Morgan fingerprint density at radius 1 is 1.15 bits per heavy atom. The van der Waals surface area contributed by atoms with E-state index in [1.807, 2.05) is 19.1 Å². The second kappa shape index (κ2) is 6.38. The van der Waals surface area contributed by atoms with Crippen molar-refractivity contribution in [2.24, 2.45) is 5.84 Å². The molecule has 0 spiro atoms.